The molecule has 1 N–H and O–H groups in total. The van der Waals surface area contributed by atoms with Gasteiger partial charge in [-0.15, -0.1) is 23.5 Å². The van der Waals surface area contributed by atoms with Crippen LogP contribution in [0.5, 0.6) is 0 Å². The molecule has 1 heterocycles. The zero-order chi connectivity index (χ0) is 23.9. The second kappa shape index (κ2) is 16.0. The molecule has 7 heteroatoms. The first kappa shape index (κ1) is 27.5. The van der Waals surface area contributed by atoms with Gasteiger partial charge in [0.05, 0.1) is 29.6 Å². The molecule has 0 aliphatic rings. The van der Waals surface area contributed by atoms with E-state index in [1.165, 1.54) is 0 Å². The van der Waals surface area contributed by atoms with Crippen LogP contribution in [0.1, 0.15) is 51.7 Å². The minimum absolute atomic E-state index is 0.0917. The molecule has 0 radical (unpaired) electrons. The molecule has 33 heavy (non-hydrogen) atoms. The number of nitrogens with one attached hydrogen (secondary N) is 1. The molecule has 2 atom stereocenters. The van der Waals surface area contributed by atoms with E-state index in [1.54, 1.807) is 29.8 Å². The highest BCUT2D eigenvalue weighted by atomic mass is 32.2. The Hall–Kier alpha value is -1.70. The summed E-state index contributed by atoms with van der Waals surface area (Å²) in [6, 6.07) is 13.9. The molecule has 1 aromatic carbocycles. The van der Waals surface area contributed by atoms with Gasteiger partial charge in [0.1, 0.15) is 5.76 Å². The molecule has 0 bridgehead atoms. The number of Topliss-reactive ketones (excluding diaryl/α,β-unsaturated/α-hetero) is 1. The molecule has 0 spiro atoms. The van der Waals surface area contributed by atoms with Gasteiger partial charge in [-0.1, -0.05) is 38.0 Å². The predicted molar refractivity (Wildman–Crippen MR) is 140 cm³/mol. The van der Waals surface area contributed by atoms with Gasteiger partial charge in [-0.3, -0.25) is 9.59 Å². The fraction of sp³-hybridized carbons (Fsp3) is 0.538. The third-order valence-corrected chi connectivity index (χ3v) is 7.63. The molecule has 2 unspecified atom stereocenters. The summed E-state index contributed by atoms with van der Waals surface area (Å²) >= 11 is 3.18. The highest BCUT2D eigenvalue weighted by Crippen LogP contribution is 2.18. The summed E-state index contributed by atoms with van der Waals surface area (Å²) < 4.78 is 5.34. The minimum atomic E-state index is -0.0917. The van der Waals surface area contributed by atoms with E-state index < -0.39 is 0 Å². The van der Waals surface area contributed by atoms with Crippen molar-refractivity contribution < 1.29 is 14.0 Å². The summed E-state index contributed by atoms with van der Waals surface area (Å²) in [5.41, 5.74) is 0. The van der Waals surface area contributed by atoms with Gasteiger partial charge in [0.2, 0.25) is 5.91 Å². The molecule has 5 nitrogen and oxygen atoms in total. The van der Waals surface area contributed by atoms with Gasteiger partial charge in [0.25, 0.3) is 0 Å². The fourth-order valence-electron chi connectivity index (χ4n) is 3.41. The second-order valence-electron chi connectivity index (χ2n) is 8.29. The number of hydrogen-bond donors (Lipinski definition) is 1. The Bertz CT molecular complexity index is 799. The Morgan fingerprint density at radius 1 is 1.06 bits per heavy atom. The molecule has 0 saturated carbocycles. The number of amides is 1. The summed E-state index contributed by atoms with van der Waals surface area (Å²) in [6.45, 7) is 5.03. The largest absolute Gasteiger partial charge is 0.468 e. The van der Waals surface area contributed by atoms with Crippen LogP contribution in [0.15, 0.2) is 58.0 Å². The lowest BCUT2D eigenvalue weighted by molar-refractivity contribution is -0.128. The Kier molecular flexibility index (Phi) is 13.4. The molecule has 0 aliphatic heterocycles. The summed E-state index contributed by atoms with van der Waals surface area (Å²) in [5.74, 6) is 2.98. The molecular weight excluding hydrogens is 452 g/mol. The maximum absolute atomic E-state index is 12.7. The van der Waals surface area contributed by atoms with E-state index in [4.69, 9.17) is 4.42 Å². The Balaban J connectivity index is 1.67. The number of thioether (sulfide) groups is 2. The number of furan rings is 1. The number of benzene rings is 1. The van der Waals surface area contributed by atoms with E-state index in [9.17, 15) is 9.59 Å². The van der Waals surface area contributed by atoms with E-state index in [0.29, 0.717) is 11.5 Å². The zero-order valence-corrected chi connectivity index (χ0v) is 21.8. The summed E-state index contributed by atoms with van der Waals surface area (Å²) in [4.78, 5) is 28.2. The van der Waals surface area contributed by atoms with Crippen LogP contribution in [0.2, 0.25) is 0 Å². The van der Waals surface area contributed by atoms with Gasteiger partial charge < -0.3 is 14.6 Å². The van der Waals surface area contributed by atoms with Crippen molar-refractivity contribution in [3.05, 3.63) is 54.5 Å². The Morgan fingerprint density at radius 2 is 1.85 bits per heavy atom. The van der Waals surface area contributed by atoms with E-state index in [0.717, 1.165) is 55.1 Å². The van der Waals surface area contributed by atoms with Gasteiger partial charge in [0.15, 0.2) is 5.78 Å². The van der Waals surface area contributed by atoms with E-state index in [1.807, 2.05) is 54.4 Å². The van der Waals surface area contributed by atoms with Gasteiger partial charge >= 0.3 is 0 Å². The molecular formula is C26H38N2O3S2. The minimum Gasteiger partial charge on any atom is -0.468 e. The highest BCUT2D eigenvalue weighted by Gasteiger charge is 2.19. The SMILES string of the molecule is CCCCC(NCCCC(C)N(C)C(=O)CSc1ccccc1)C(=O)CSCc1ccco1. The number of carbonyl (C=O) groups excluding carboxylic acids is 2. The lowest BCUT2D eigenvalue weighted by atomic mass is 10.1. The first-order valence-electron chi connectivity index (χ1n) is 11.8. The third-order valence-electron chi connectivity index (χ3n) is 5.65. The molecule has 182 valence electrons. The molecule has 1 aromatic heterocycles. The van der Waals surface area contributed by atoms with Crippen LogP contribution >= 0.6 is 23.5 Å². The van der Waals surface area contributed by atoms with E-state index in [-0.39, 0.29) is 23.8 Å². The van der Waals surface area contributed by atoms with Gasteiger partial charge in [-0.05, 0) is 57.0 Å². The summed E-state index contributed by atoms with van der Waals surface area (Å²) in [7, 11) is 1.88. The number of unbranched alkanes of at least 4 members (excludes halogenated alkanes) is 1. The van der Waals surface area contributed by atoms with E-state index >= 15 is 0 Å². The lowest BCUT2D eigenvalue weighted by Gasteiger charge is -2.25. The zero-order valence-electron chi connectivity index (χ0n) is 20.1. The number of nitrogens with zero attached hydrogens (tertiary/aromatic N) is 1. The molecule has 0 aliphatic carbocycles. The van der Waals surface area contributed by atoms with Crippen molar-refractivity contribution in [1.82, 2.24) is 10.2 Å². The molecule has 0 fully saturated rings. The van der Waals surface area contributed by atoms with Gasteiger partial charge in [-0.25, -0.2) is 0 Å². The molecule has 2 aromatic rings. The standard InChI is InChI=1S/C26H38N2O3S2/c1-4-5-15-24(25(29)19-32-18-22-12-10-17-31-22)27-16-9-11-21(2)28(3)26(30)20-33-23-13-7-6-8-14-23/h6-8,10,12-14,17,21,24,27H,4-5,9,11,15-16,18-20H2,1-3H3. The van der Waals surface area contributed by atoms with Crippen LogP contribution in [-0.4, -0.2) is 53.8 Å². The van der Waals surface area contributed by atoms with Crippen LogP contribution < -0.4 is 5.32 Å². The quantitative estimate of drug-likeness (QED) is 0.228. The highest BCUT2D eigenvalue weighted by molar-refractivity contribution is 8.00. The smallest absolute Gasteiger partial charge is 0.232 e. The van der Waals surface area contributed by atoms with Crippen molar-refractivity contribution in [1.29, 1.82) is 0 Å². The lowest BCUT2D eigenvalue weighted by Crippen LogP contribution is -2.40. The summed E-state index contributed by atoms with van der Waals surface area (Å²) in [6.07, 6.45) is 6.50. The number of hydrogen-bond acceptors (Lipinski definition) is 6. The average Bonchev–Trinajstić information content (AvgIpc) is 3.35. The van der Waals surface area contributed by atoms with Gasteiger partial charge in [0, 0.05) is 18.0 Å². The molecule has 2 rings (SSSR count). The van der Waals surface area contributed by atoms with Crippen LogP contribution in [0.4, 0.5) is 0 Å². The molecule has 1 amide bonds. The van der Waals surface area contributed by atoms with Crippen LogP contribution in [-0.2, 0) is 15.3 Å². The van der Waals surface area contributed by atoms with Gasteiger partial charge in [-0.2, -0.15) is 0 Å². The third kappa shape index (κ3) is 10.8. The predicted octanol–water partition coefficient (Wildman–Crippen LogP) is 5.65. The maximum atomic E-state index is 12.7. The van der Waals surface area contributed by atoms with Crippen molar-refractivity contribution in [3.63, 3.8) is 0 Å². The topological polar surface area (TPSA) is 62.6 Å². The number of rotatable bonds is 17. The monoisotopic (exact) mass is 490 g/mol. The van der Waals surface area contributed by atoms with Crippen molar-refractivity contribution >= 4 is 35.2 Å². The Morgan fingerprint density at radius 3 is 2.55 bits per heavy atom. The van der Waals surface area contributed by atoms with Crippen LogP contribution in [0.3, 0.4) is 0 Å². The van der Waals surface area contributed by atoms with Crippen LogP contribution in [0, 0.1) is 0 Å². The van der Waals surface area contributed by atoms with Crippen LogP contribution in [0.25, 0.3) is 0 Å². The number of carbonyl (C=O) groups is 2. The Labute approximate surface area is 207 Å². The summed E-state index contributed by atoms with van der Waals surface area (Å²) in [5, 5.41) is 3.47. The van der Waals surface area contributed by atoms with Crippen molar-refractivity contribution in [3.8, 4) is 0 Å². The van der Waals surface area contributed by atoms with E-state index in [2.05, 4.69) is 19.2 Å². The maximum Gasteiger partial charge on any atom is 0.232 e. The number of ketones is 1. The first-order valence-corrected chi connectivity index (χ1v) is 13.9. The van der Waals surface area contributed by atoms with Crippen molar-refractivity contribution in [2.75, 3.05) is 25.1 Å². The van der Waals surface area contributed by atoms with Crippen molar-refractivity contribution in [2.24, 2.45) is 0 Å². The normalized spacial score (nSPS) is 12.9. The van der Waals surface area contributed by atoms with Crippen molar-refractivity contribution in [2.45, 2.75) is 68.7 Å². The molecule has 0 saturated heterocycles. The first-order chi connectivity index (χ1) is 16.0. The fourth-order valence-corrected chi connectivity index (χ4v) is 5.12. The average molecular weight is 491 g/mol. The second-order valence-corrected chi connectivity index (χ2v) is 10.3.